The largest absolute Gasteiger partial charge is 0.491 e. The van der Waals surface area contributed by atoms with Crippen molar-refractivity contribution in [2.24, 2.45) is 7.05 Å². The average molecular weight is 359 g/mol. The number of hydrogen-bond acceptors (Lipinski definition) is 6. The summed E-state index contributed by atoms with van der Waals surface area (Å²) in [4.78, 5) is 0. The number of rotatable bonds is 7. The zero-order valence-corrected chi connectivity index (χ0v) is 15.3. The lowest BCUT2D eigenvalue weighted by Gasteiger charge is -2.12. The predicted octanol–water partition coefficient (Wildman–Crippen LogP) is 3.22. The van der Waals surface area contributed by atoms with E-state index in [1.165, 1.54) is 17.3 Å². The van der Waals surface area contributed by atoms with Gasteiger partial charge < -0.3 is 18.8 Å². The third-order valence-corrected chi connectivity index (χ3v) is 4.97. The van der Waals surface area contributed by atoms with Gasteiger partial charge in [0.2, 0.25) is 0 Å². The van der Waals surface area contributed by atoms with Gasteiger partial charge >= 0.3 is 0 Å². The van der Waals surface area contributed by atoms with Crippen LogP contribution in [-0.4, -0.2) is 38.3 Å². The summed E-state index contributed by atoms with van der Waals surface area (Å²) < 4.78 is 12.8. The molecule has 0 bridgehead atoms. The molecule has 0 amide bonds. The summed E-state index contributed by atoms with van der Waals surface area (Å²) in [7, 11) is 1.90. The lowest BCUT2D eigenvalue weighted by molar-refractivity contribution is 0.126. The second-order valence-electron chi connectivity index (χ2n) is 5.84. The van der Waals surface area contributed by atoms with Gasteiger partial charge in [0.1, 0.15) is 18.1 Å². The molecule has 1 atom stereocenters. The van der Waals surface area contributed by atoms with Crippen LogP contribution >= 0.6 is 11.8 Å². The van der Waals surface area contributed by atoms with Gasteiger partial charge in [0.05, 0.1) is 17.9 Å². The molecule has 0 saturated heterocycles. The van der Waals surface area contributed by atoms with Crippen molar-refractivity contribution in [2.45, 2.75) is 25.1 Å². The lowest BCUT2D eigenvalue weighted by atomic mass is 10.2. The quantitative estimate of drug-likeness (QED) is 0.653. The molecule has 1 N–H and O–H groups in total. The molecule has 0 aliphatic heterocycles. The molecule has 2 heterocycles. The van der Waals surface area contributed by atoms with Crippen LogP contribution in [0.5, 0.6) is 5.75 Å². The Labute approximate surface area is 150 Å². The Morgan fingerprint density at radius 2 is 1.96 bits per heavy atom. The molecule has 0 spiro atoms. The van der Waals surface area contributed by atoms with E-state index >= 15 is 0 Å². The maximum absolute atomic E-state index is 10.1. The van der Waals surface area contributed by atoms with Crippen molar-refractivity contribution >= 4 is 11.8 Å². The zero-order valence-electron chi connectivity index (χ0n) is 14.5. The molecule has 0 radical (unpaired) electrons. The average Bonchev–Trinajstić information content (AvgIpc) is 3.18. The van der Waals surface area contributed by atoms with Gasteiger partial charge in [0, 0.05) is 12.8 Å². The van der Waals surface area contributed by atoms with Gasteiger partial charge in [-0.1, -0.05) is 29.5 Å². The van der Waals surface area contributed by atoms with Gasteiger partial charge in [0.25, 0.3) is 0 Å². The molecule has 0 unspecified atom stereocenters. The highest BCUT2D eigenvalue weighted by molar-refractivity contribution is 7.99. The van der Waals surface area contributed by atoms with Gasteiger partial charge in [-0.15, -0.1) is 10.2 Å². The summed E-state index contributed by atoms with van der Waals surface area (Å²) in [5.74, 6) is 2.78. The summed E-state index contributed by atoms with van der Waals surface area (Å²) in [5.41, 5.74) is 2.10. The van der Waals surface area contributed by atoms with Crippen molar-refractivity contribution in [3.63, 3.8) is 0 Å². The smallest absolute Gasteiger partial charge is 0.191 e. The number of hydrogen-bond donors (Lipinski definition) is 1. The number of aliphatic hydroxyl groups excluding tert-OH is 1. The van der Waals surface area contributed by atoms with Crippen LogP contribution in [0.2, 0.25) is 0 Å². The topological polar surface area (TPSA) is 73.3 Å². The first-order valence-corrected chi connectivity index (χ1v) is 8.97. The zero-order chi connectivity index (χ0) is 17.8. The Morgan fingerprint density at radius 3 is 2.64 bits per heavy atom. The highest BCUT2D eigenvalue weighted by atomic mass is 32.2. The van der Waals surface area contributed by atoms with E-state index in [1.54, 1.807) is 6.26 Å². The maximum atomic E-state index is 10.1. The fourth-order valence-electron chi connectivity index (χ4n) is 2.34. The minimum atomic E-state index is -0.595. The number of furan rings is 1. The van der Waals surface area contributed by atoms with Crippen LogP contribution in [0.3, 0.4) is 0 Å². The van der Waals surface area contributed by atoms with E-state index in [2.05, 4.69) is 10.2 Å². The second kappa shape index (κ2) is 7.76. The molecular formula is C18H21N3O3S. The number of ether oxygens (including phenoxy) is 1. The molecule has 0 fully saturated rings. The van der Waals surface area contributed by atoms with Crippen molar-refractivity contribution < 1.29 is 14.3 Å². The Kier molecular flexibility index (Phi) is 5.45. The van der Waals surface area contributed by atoms with Crippen LogP contribution in [0, 0.1) is 13.8 Å². The van der Waals surface area contributed by atoms with Crippen LogP contribution < -0.4 is 4.74 Å². The highest BCUT2D eigenvalue weighted by Crippen LogP contribution is 2.26. The molecule has 1 aromatic carbocycles. The molecule has 0 aliphatic carbocycles. The second-order valence-corrected chi connectivity index (χ2v) is 6.83. The third-order valence-electron chi connectivity index (χ3n) is 3.80. The SMILES string of the molecule is Cc1ccc(OC[C@H](O)CSc2nnc(-c3ccoc3C)n2C)cc1. The Balaban J connectivity index is 1.54. The Morgan fingerprint density at radius 1 is 1.20 bits per heavy atom. The summed E-state index contributed by atoms with van der Waals surface area (Å²) >= 11 is 1.45. The molecule has 6 nitrogen and oxygen atoms in total. The van der Waals surface area contributed by atoms with E-state index in [1.807, 2.05) is 55.8 Å². The highest BCUT2D eigenvalue weighted by Gasteiger charge is 2.16. The first-order valence-electron chi connectivity index (χ1n) is 7.99. The van der Waals surface area contributed by atoms with Crippen LogP contribution in [0.4, 0.5) is 0 Å². The van der Waals surface area contributed by atoms with Gasteiger partial charge in [-0.05, 0) is 32.0 Å². The van der Waals surface area contributed by atoms with Gasteiger partial charge in [-0.2, -0.15) is 0 Å². The van der Waals surface area contributed by atoms with E-state index in [0.717, 1.165) is 28.1 Å². The number of aliphatic hydroxyl groups is 1. The first kappa shape index (κ1) is 17.6. The number of aromatic nitrogens is 3. The van der Waals surface area contributed by atoms with Crippen LogP contribution in [0.1, 0.15) is 11.3 Å². The predicted molar refractivity (Wildman–Crippen MR) is 96.8 cm³/mol. The molecule has 132 valence electrons. The summed E-state index contributed by atoms with van der Waals surface area (Å²) in [6, 6.07) is 9.64. The fraction of sp³-hybridized carbons (Fsp3) is 0.333. The van der Waals surface area contributed by atoms with E-state index in [-0.39, 0.29) is 6.61 Å². The lowest BCUT2D eigenvalue weighted by Crippen LogP contribution is -2.20. The molecular weight excluding hydrogens is 338 g/mol. The van der Waals surface area contributed by atoms with Gasteiger partial charge in [-0.25, -0.2) is 0 Å². The minimum absolute atomic E-state index is 0.238. The van der Waals surface area contributed by atoms with Gasteiger partial charge in [-0.3, -0.25) is 0 Å². The van der Waals surface area contributed by atoms with E-state index in [4.69, 9.17) is 9.15 Å². The number of nitrogens with zero attached hydrogens (tertiary/aromatic N) is 3. The van der Waals surface area contributed by atoms with Crippen molar-refractivity contribution in [1.82, 2.24) is 14.8 Å². The van der Waals surface area contributed by atoms with E-state index < -0.39 is 6.10 Å². The Hall–Kier alpha value is -2.25. The van der Waals surface area contributed by atoms with Crippen molar-refractivity contribution in [3.8, 4) is 17.1 Å². The minimum Gasteiger partial charge on any atom is -0.491 e. The van der Waals surface area contributed by atoms with Crippen LogP contribution in [0.25, 0.3) is 11.4 Å². The normalized spacial score (nSPS) is 12.3. The fourth-order valence-corrected chi connectivity index (χ4v) is 3.15. The monoisotopic (exact) mass is 359 g/mol. The number of benzene rings is 1. The third kappa shape index (κ3) is 4.24. The van der Waals surface area contributed by atoms with Crippen LogP contribution in [-0.2, 0) is 7.05 Å². The number of aryl methyl sites for hydroxylation is 2. The Bertz CT molecular complexity index is 826. The summed E-state index contributed by atoms with van der Waals surface area (Å²) in [5, 5.41) is 19.3. The standard InChI is InChI=1S/C18H21N3O3S/c1-12-4-6-15(7-5-12)24-10-14(22)11-25-18-20-19-17(21(18)3)16-8-9-23-13(16)2/h4-9,14,22H,10-11H2,1-3H3/t14-/m0/s1. The van der Waals surface area contributed by atoms with E-state index in [9.17, 15) is 5.11 Å². The van der Waals surface area contributed by atoms with Crippen LogP contribution in [0.15, 0.2) is 46.2 Å². The molecule has 2 aromatic heterocycles. The molecule has 25 heavy (non-hydrogen) atoms. The molecule has 3 aromatic rings. The van der Waals surface area contributed by atoms with Gasteiger partial charge in [0.15, 0.2) is 11.0 Å². The van der Waals surface area contributed by atoms with E-state index in [0.29, 0.717) is 5.75 Å². The van der Waals surface area contributed by atoms with Crippen molar-refractivity contribution in [2.75, 3.05) is 12.4 Å². The maximum Gasteiger partial charge on any atom is 0.191 e. The summed E-state index contributed by atoms with van der Waals surface area (Å²) in [6.45, 7) is 4.15. The van der Waals surface area contributed by atoms with Crippen molar-refractivity contribution in [1.29, 1.82) is 0 Å². The summed E-state index contributed by atoms with van der Waals surface area (Å²) in [6.07, 6.45) is 1.04. The number of thioether (sulfide) groups is 1. The first-order chi connectivity index (χ1) is 12.0. The molecule has 3 rings (SSSR count). The molecule has 0 saturated carbocycles. The molecule has 0 aliphatic rings. The van der Waals surface area contributed by atoms with Crippen molar-refractivity contribution in [3.05, 3.63) is 47.9 Å². The molecule has 7 heteroatoms.